The zero-order valence-corrected chi connectivity index (χ0v) is 31.9. The van der Waals surface area contributed by atoms with Crippen LogP contribution in [0.15, 0.2) is 212 Å². The van der Waals surface area contributed by atoms with Crippen molar-refractivity contribution in [2.75, 3.05) is 4.90 Å². The highest BCUT2D eigenvalue weighted by molar-refractivity contribution is 7.27. The number of hydrogen-bond acceptors (Lipinski definition) is 2. The van der Waals surface area contributed by atoms with E-state index in [4.69, 9.17) is 0 Å². The Kier molecular flexibility index (Phi) is 7.08. The number of anilines is 3. The number of fused-ring (bicyclic) bond motifs is 11. The fourth-order valence-corrected chi connectivity index (χ4v) is 11.3. The number of rotatable bonds is 5. The Morgan fingerprint density at radius 3 is 1.68 bits per heavy atom. The summed E-state index contributed by atoms with van der Waals surface area (Å²) in [7, 11) is 0. The fraction of sp³-hybridized carbons (Fsp3) is 0.0182. The molecule has 266 valence electrons. The molecular weight excluding hydrogens is 707 g/mol. The molecule has 0 atom stereocenters. The maximum atomic E-state index is 2.59. The second-order valence-corrected chi connectivity index (χ2v) is 16.2. The number of hydrogen-bond donors (Lipinski definition) is 0. The number of nitrogens with zero attached hydrogens (tertiary/aromatic N) is 1. The van der Waals surface area contributed by atoms with E-state index in [1.165, 1.54) is 103 Å². The van der Waals surface area contributed by atoms with Gasteiger partial charge in [-0.2, -0.15) is 0 Å². The van der Waals surface area contributed by atoms with Gasteiger partial charge in [0.1, 0.15) is 0 Å². The Labute approximate surface area is 335 Å². The van der Waals surface area contributed by atoms with Gasteiger partial charge in [0.05, 0.1) is 27.2 Å². The third kappa shape index (κ3) is 4.56. The first-order valence-electron chi connectivity index (χ1n) is 19.7. The summed E-state index contributed by atoms with van der Waals surface area (Å²) in [4.78, 5) is 2.59. The number of thiophene rings is 1. The molecule has 0 radical (unpaired) electrons. The van der Waals surface area contributed by atoms with Crippen LogP contribution in [0.4, 0.5) is 17.1 Å². The first-order chi connectivity index (χ1) is 28.3. The minimum Gasteiger partial charge on any atom is -0.308 e. The van der Waals surface area contributed by atoms with E-state index in [-0.39, 0.29) is 0 Å². The van der Waals surface area contributed by atoms with Crippen molar-refractivity contribution in [1.82, 2.24) is 0 Å². The van der Waals surface area contributed by atoms with Crippen molar-refractivity contribution in [3.8, 4) is 11.1 Å². The van der Waals surface area contributed by atoms with E-state index in [2.05, 4.69) is 217 Å². The van der Waals surface area contributed by atoms with Gasteiger partial charge in [-0.25, -0.2) is 0 Å². The normalized spacial score (nSPS) is 13.1. The first-order valence-corrected chi connectivity index (χ1v) is 20.5. The van der Waals surface area contributed by atoms with E-state index >= 15 is 0 Å². The molecule has 1 aliphatic rings. The van der Waals surface area contributed by atoms with Gasteiger partial charge in [0, 0.05) is 26.4 Å². The molecule has 0 aliphatic heterocycles. The Bertz CT molecular complexity index is 3320. The standard InChI is InChI=1S/C55H35NS/c1-3-19-38(20-4-1)55(39-21-5-2-6-22-39)47-29-14-13-27-46(47)52-48(55)30-16-31-49(52)56(51-35-37-18-8-9-23-40(37)42-25-11-12-26-43(42)51)50-32-15-28-44-45-34-33-36-17-7-10-24-41(36)53(45)57-54(44)50/h1-35H. The van der Waals surface area contributed by atoms with E-state index in [0.717, 1.165) is 0 Å². The van der Waals surface area contributed by atoms with E-state index < -0.39 is 5.41 Å². The van der Waals surface area contributed by atoms with Crippen LogP contribution in [0.2, 0.25) is 0 Å². The van der Waals surface area contributed by atoms with Crippen molar-refractivity contribution in [1.29, 1.82) is 0 Å². The van der Waals surface area contributed by atoms with Crippen LogP contribution >= 0.6 is 11.3 Å². The van der Waals surface area contributed by atoms with Crippen LogP contribution < -0.4 is 4.90 Å². The summed E-state index contributed by atoms with van der Waals surface area (Å²) >= 11 is 1.92. The summed E-state index contributed by atoms with van der Waals surface area (Å²) in [5.41, 5.74) is 10.7. The Hall–Kier alpha value is -7.00. The van der Waals surface area contributed by atoms with Crippen molar-refractivity contribution in [3.63, 3.8) is 0 Å². The molecule has 0 amide bonds. The minimum absolute atomic E-state index is 0.510. The summed E-state index contributed by atoms with van der Waals surface area (Å²) in [6, 6.07) is 78.8. The fourth-order valence-electron chi connectivity index (χ4n) is 9.96. The third-order valence-corrected chi connectivity index (χ3v) is 13.6. The SMILES string of the molecule is c1ccc(C2(c3ccccc3)c3ccccc3-c3c(N(c4cc5ccccc5c5ccccc45)c4cccc5c4sc4c6ccccc6ccc54)cccc32)cc1. The predicted molar refractivity (Wildman–Crippen MR) is 244 cm³/mol. The van der Waals surface area contributed by atoms with Gasteiger partial charge in [-0.1, -0.05) is 194 Å². The maximum absolute atomic E-state index is 2.59. The molecule has 0 unspecified atom stereocenters. The van der Waals surface area contributed by atoms with Gasteiger partial charge in [-0.15, -0.1) is 11.3 Å². The molecule has 1 aromatic heterocycles. The molecule has 2 heteroatoms. The molecule has 10 aromatic carbocycles. The van der Waals surface area contributed by atoms with E-state index in [1.807, 2.05) is 11.3 Å². The van der Waals surface area contributed by atoms with Crippen LogP contribution in [0.1, 0.15) is 22.3 Å². The molecule has 0 N–H and O–H groups in total. The van der Waals surface area contributed by atoms with Crippen LogP contribution in [0, 0.1) is 0 Å². The highest BCUT2D eigenvalue weighted by atomic mass is 32.1. The molecule has 0 bridgehead atoms. The maximum Gasteiger partial charge on any atom is 0.0714 e. The van der Waals surface area contributed by atoms with Gasteiger partial charge < -0.3 is 4.90 Å². The Morgan fingerprint density at radius 2 is 0.895 bits per heavy atom. The molecule has 1 nitrogen and oxygen atoms in total. The van der Waals surface area contributed by atoms with E-state index in [1.54, 1.807) is 0 Å². The Morgan fingerprint density at radius 1 is 0.333 bits per heavy atom. The third-order valence-electron chi connectivity index (χ3n) is 12.3. The average Bonchev–Trinajstić information content (AvgIpc) is 3.83. The molecule has 57 heavy (non-hydrogen) atoms. The molecule has 12 rings (SSSR count). The summed E-state index contributed by atoms with van der Waals surface area (Å²) < 4.78 is 2.61. The summed E-state index contributed by atoms with van der Waals surface area (Å²) in [6.45, 7) is 0. The molecule has 1 aliphatic carbocycles. The van der Waals surface area contributed by atoms with Crippen LogP contribution in [-0.2, 0) is 5.41 Å². The molecule has 0 fully saturated rings. The van der Waals surface area contributed by atoms with Crippen molar-refractivity contribution in [2.24, 2.45) is 0 Å². The lowest BCUT2D eigenvalue weighted by Gasteiger charge is -2.34. The lowest BCUT2D eigenvalue weighted by Crippen LogP contribution is -2.28. The molecular formula is C55H35NS. The largest absolute Gasteiger partial charge is 0.308 e. The summed E-state index contributed by atoms with van der Waals surface area (Å²) in [6.07, 6.45) is 0. The van der Waals surface area contributed by atoms with Crippen LogP contribution in [0.25, 0.3) is 63.6 Å². The highest BCUT2D eigenvalue weighted by Crippen LogP contribution is 2.60. The minimum atomic E-state index is -0.510. The molecule has 11 aromatic rings. The van der Waals surface area contributed by atoms with Crippen molar-refractivity contribution < 1.29 is 0 Å². The summed E-state index contributed by atoms with van der Waals surface area (Å²) in [5, 5.41) is 10.1. The average molecular weight is 742 g/mol. The van der Waals surface area contributed by atoms with Crippen molar-refractivity contribution >= 4 is 80.9 Å². The van der Waals surface area contributed by atoms with Gasteiger partial charge in [0.25, 0.3) is 0 Å². The second-order valence-electron chi connectivity index (χ2n) is 15.1. The lowest BCUT2D eigenvalue weighted by molar-refractivity contribution is 0.768. The highest BCUT2D eigenvalue weighted by Gasteiger charge is 2.47. The monoisotopic (exact) mass is 741 g/mol. The predicted octanol–water partition coefficient (Wildman–Crippen LogP) is 15.3. The van der Waals surface area contributed by atoms with Crippen LogP contribution in [0.3, 0.4) is 0 Å². The van der Waals surface area contributed by atoms with Crippen molar-refractivity contribution in [2.45, 2.75) is 5.41 Å². The zero-order valence-electron chi connectivity index (χ0n) is 31.1. The molecule has 1 heterocycles. The summed E-state index contributed by atoms with van der Waals surface area (Å²) in [5.74, 6) is 0. The van der Waals surface area contributed by atoms with E-state index in [9.17, 15) is 0 Å². The quantitative estimate of drug-likeness (QED) is 0.159. The topological polar surface area (TPSA) is 3.24 Å². The lowest BCUT2D eigenvalue weighted by atomic mass is 9.68. The van der Waals surface area contributed by atoms with Gasteiger partial charge in [0.15, 0.2) is 0 Å². The van der Waals surface area contributed by atoms with Gasteiger partial charge in [-0.05, 0) is 72.9 Å². The zero-order chi connectivity index (χ0) is 37.5. The Balaban J connectivity index is 1.25. The molecule has 0 spiro atoms. The first kappa shape index (κ1) is 32.3. The molecule has 0 saturated heterocycles. The number of benzene rings is 10. The van der Waals surface area contributed by atoms with Crippen LogP contribution in [-0.4, -0.2) is 0 Å². The second kappa shape index (κ2) is 12.5. The van der Waals surface area contributed by atoms with Crippen LogP contribution in [0.5, 0.6) is 0 Å². The van der Waals surface area contributed by atoms with E-state index in [0.29, 0.717) is 0 Å². The van der Waals surface area contributed by atoms with Gasteiger partial charge >= 0.3 is 0 Å². The van der Waals surface area contributed by atoms with Gasteiger partial charge in [-0.3, -0.25) is 0 Å². The molecule has 0 saturated carbocycles. The van der Waals surface area contributed by atoms with Crippen molar-refractivity contribution in [3.05, 3.63) is 235 Å². The smallest absolute Gasteiger partial charge is 0.0714 e. The van der Waals surface area contributed by atoms with Gasteiger partial charge in [0.2, 0.25) is 0 Å².